The summed E-state index contributed by atoms with van der Waals surface area (Å²) in [5.74, 6) is -1.16. The van der Waals surface area contributed by atoms with Crippen molar-refractivity contribution in [2.75, 3.05) is 0 Å². The van der Waals surface area contributed by atoms with Crippen LogP contribution >= 0.6 is 0 Å². The Hall–Kier alpha value is -1.25. The maximum Gasteiger partial charge on any atom is 0.196 e. The molecule has 0 amide bonds. The molecule has 1 aromatic carbocycles. The van der Waals surface area contributed by atoms with Crippen molar-refractivity contribution in [2.45, 2.75) is 20.0 Å². The maximum absolute atomic E-state index is 12.9. The molecule has 0 saturated heterocycles. The molecule has 0 spiro atoms. The molecule has 0 aromatic heterocycles. The Morgan fingerprint density at radius 3 is 2.54 bits per heavy atom. The molecule has 0 aliphatic carbocycles. The second kappa shape index (κ2) is 3.64. The summed E-state index contributed by atoms with van der Waals surface area (Å²) in [4.78, 5) is 11.1. The number of carbonyl (C=O) groups is 1. The van der Waals surface area contributed by atoms with Gasteiger partial charge in [0.05, 0.1) is 0 Å². The number of benzene rings is 1. The number of hydrogen-bond acceptors (Lipinski definition) is 1. The van der Waals surface area contributed by atoms with Crippen LogP contribution < -0.4 is 0 Å². The van der Waals surface area contributed by atoms with Crippen molar-refractivity contribution in [3.05, 3.63) is 35.1 Å². The number of hydrogen-bond donors (Lipinski definition) is 0. The fraction of sp³-hybridized carbons (Fsp3) is 0.300. The molecule has 0 N–H and O–H groups in total. The summed E-state index contributed by atoms with van der Waals surface area (Å²) >= 11 is 0. The smallest absolute Gasteiger partial charge is 0.196 e. The standard InChI is InChI=1S/C10H10F2O/c1-6-3-4-8(5-9(6)12)10(13)7(2)11/h3-5,7H,1-2H3. The zero-order chi connectivity index (χ0) is 10.0. The third-order valence-corrected chi connectivity index (χ3v) is 1.82. The van der Waals surface area contributed by atoms with Crippen molar-refractivity contribution in [3.8, 4) is 0 Å². The molecular formula is C10H10F2O. The van der Waals surface area contributed by atoms with Crippen LogP contribution in [0, 0.1) is 12.7 Å². The molecule has 1 unspecified atom stereocenters. The second-order valence-corrected chi connectivity index (χ2v) is 2.94. The lowest BCUT2D eigenvalue weighted by molar-refractivity contribution is 0.0892. The highest BCUT2D eigenvalue weighted by atomic mass is 19.1. The highest BCUT2D eigenvalue weighted by Gasteiger charge is 2.14. The lowest BCUT2D eigenvalue weighted by atomic mass is 10.1. The van der Waals surface area contributed by atoms with Crippen LogP contribution in [0.4, 0.5) is 8.78 Å². The fourth-order valence-electron chi connectivity index (χ4n) is 0.976. The van der Waals surface area contributed by atoms with E-state index in [9.17, 15) is 13.6 Å². The van der Waals surface area contributed by atoms with Gasteiger partial charge >= 0.3 is 0 Å². The van der Waals surface area contributed by atoms with Gasteiger partial charge in [0.1, 0.15) is 5.82 Å². The highest BCUT2D eigenvalue weighted by molar-refractivity contribution is 5.99. The van der Waals surface area contributed by atoms with Crippen LogP contribution in [-0.2, 0) is 0 Å². The Balaban J connectivity index is 3.04. The zero-order valence-corrected chi connectivity index (χ0v) is 7.47. The van der Waals surface area contributed by atoms with E-state index in [1.165, 1.54) is 12.1 Å². The molecule has 0 heterocycles. The highest BCUT2D eigenvalue weighted by Crippen LogP contribution is 2.11. The monoisotopic (exact) mass is 184 g/mol. The number of rotatable bonds is 2. The number of halogens is 2. The van der Waals surface area contributed by atoms with Crippen molar-refractivity contribution in [3.63, 3.8) is 0 Å². The summed E-state index contributed by atoms with van der Waals surface area (Å²) in [5.41, 5.74) is 0.529. The summed E-state index contributed by atoms with van der Waals surface area (Å²) in [7, 11) is 0. The molecule has 0 aliphatic heterocycles. The van der Waals surface area contributed by atoms with E-state index in [4.69, 9.17) is 0 Å². The Kier molecular flexibility index (Phi) is 2.76. The third kappa shape index (κ3) is 2.11. The molecule has 1 atom stereocenters. The normalized spacial score (nSPS) is 12.6. The van der Waals surface area contributed by atoms with Crippen molar-refractivity contribution >= 4 is 5.78 Å². The van der Waals surface area contributed by atoms with Crippen molar-refractivity contribution in [1.82, 2.24) is 0 Å². The summed E-state index contributed by atoms with van der Waals surface area (Å²) in [5, 5.41) is 0. The van der Waals surface area contributed by atoms with Crippen molar-refractivity contribution < 1.29 is 13.6 Å². The van der Waals surface area contributed by atoms with E-state index < -0.39 is 17.8 Å². The summed E-state index contributed by atoms with van der Waals surface area (Å²) < 4.78 is 25.5. The van der Waals surface area contributed by atoms with E-state index in [1.807, 2.05) is 0 Å². The Morgan fingerprint density at radius 1 is 1.46 bits per heavy atom. The second-order valence-electron chi connectivity index (χ2n) is 2.94. The van der Waals surface area contributed by atoms with Crippen LogP contribution in [0.15, 0.2) is 18.2 Å². The summed E-state index contributed by atoms with van der Waals surface area (Å²) in [6.45, 7) is 2.72. The fourth-order valence-corrected chi connectivity index (χ4v) is 0.976. The van der Waals surface area contributed by atoms with Gasteiger partial charge in [0.25, 0.3) is 0 Å². The first-order valence-electron chi connectivity index (χ1n) is 3.97. The minimum absolute atomic E-state index is 0.0816. The Bertz CT molecular complexity index is 332. The van der Waals surface area contributed by atoms with Crippen LogP contribution in [0.3, 0.4) is 0 Å². The van der Waals surface area contributed by atoms with E-state index in [0.29, 0.717) is 5.56 Å². The van der Waals surface area contributed by atoms with E-state index in [1.54, 1.807) is 6.92 Å². The van der Waals surface area contributed by atoms with Crippen LogP contribution in [0.2, 0.25) is 0 Å². The largest absolute Gasteiger partial charge is 0.291 e. The predicted octanol–water partition coefficient (Wildman–Crippen LogP) is 2.67. The number of carbonyl (C=O) groups excluding carboxylic acids is 1. The Labute approximate surface area is 75.4 Å². The Morgan fingerprint density at radius 2 is 2.08 bits per heavy atom. The lowest BCUT2D eigenvalue weighted by Crippen LogP contribution is -2.11. The molecule has 3 heteroatoms. The van der Waals surface area contributed by atoms with Gasteiger partial charge < -0.3 is 0 Å². The summed E-state index contributed by atoms with van der Waals surface area (Å²) in [6.07, 6.45) is -1.58. The van der Waals surface area contributed by atoms with E-state index in [-0.39, 0.29) is 5.56 Å². The topological polar surface area (TPSA) is 17.1 Å². The van der Waals surface area contributed by atoms with Crippen LogP contribution in [0.1, 0.15) is 22.8 Å². The minimum atomic E-state index is -1.58. The number of ketones is 1. The van der Waals surface area contributed by atoms with E-state index in [2.05, 4.69) is 0 Å². The van der Waals surface area contributed by atoms with Gasteiger partial charge in [-0.15, -0.1) is 0 Å². The van der Waals surface area contributed by atoms with E-state index >= 15 is 0 Å². The minimum Gasteiger partial charge on any atom is -0.291 e. The number of alkyl halides is 1. The van der Waals surface area contributed by atoms with Gasteiger partial charge in [-0.1, -0.05) is 12.1 Å². The van der Waals surface area contributed by atoms with Gasteiger partial charge in [0.15, 0.2) is 12.0 Å². The van der Waals surface area contributed by atoms with Crippen molar-refractivity contribution in [2.24, 2.45) is 0 Å². The molecule has 0 fully saturated rings. The van der Waals surface area contributed by atoms with Gasteiger partial charge in [-0.05, 0) is 25.5 Å². The lowest BCUT2D eigenvalue weighted by Gasteiger charge is -2.02. The number of aryl methyl sites for hydroxylation is 1. The first-order chi connectivity index (χ1) is 6.02. The van der Waals surface area contributed by atoms with Gasteiger partial charge in [0.2, 0.25) is 0 Å². The van der Waals surface area contributed by atoms with Crippen molar-refractivity contribution in [1.29, 1.82) is 0 Å². The predicted molar refractivity (Wildman–Crippen MR) is 46.0 cm³/mol. The molecule has 70 valence electrons. The van der Waals surface area contributed by atoms with Gasteiger partial charge in [-0.3, -0.25) is 4.79 Å². The average Bonchev–Trinajstić information content (AvgIpc) is 2.08. The molecule has 1 nitrogen and oxygen atoms in total. The molecule has 13 heavy (non-hydrogen) atoms. The SMILES string of the molecule is Cc1ccc(C(=O)C(C)F)cc1F. The third-order valence-electron chi connectivity index (χ3n) is 1.82. The molecule has 0 radical (unpaired) electrons. The molecule has 0 saturated carbocycles. The van der Waals surface area contributed by atoms with Gasteiger partial charge in [-0.2, -0.15) is 0 Å². The number of Topliss-reactive ketones (excluding diaryl/α,β-unsaturated/α-hetero) is 1. The first-order valence-corrected chi connectivity index (χ1v) is 3.97. The van der Waals surface area contributed by atoms with Gasteiger partial charge in [0, 0.05) is 5.56 Å². The van der Waals surface area contributed by atoms with Crippen LogP contribution in [0.25, 0.3) is 0 Å². The molecule has 0 aliphatic rings. The van der Waals surface area contributed by atoms with Crippen LogP contribution in [0.5, 0.6) is 0 Å². The maximum atomic E-state index is 12.9. The summed E-state index contributed by atoms with van der Waals surface area (Å²) in [6, 6.07) is 3.95. The van der Waals surface area contributed by atoms with Crippen LogP contribution in [-0.4, -0.2) is 12.0 Å². The molecule has 1 aromatic rings. The quantitative estimate of drug-likeness (QED) is 0.646. The van der Waals surface area contributed by atoms with E-state index in [0.717, 1.165) is 13.0 Å². The molecule has 1 rings (SSSR count). The zero-order valence-electron chi connectivity index (χ0n) is 7.47. The first kappa shape index (κ1) is 9.84. The molecular weight excluding hydrogens is 174 g/mol. The average molecular weight is 184 g/mol. The van der Waals surface area contributed by atoms with Gasteiger partial charge in [-0.25, -0.2) is 8.78 Å². The molecule has 0 bridgehead atoms.